The van der Waals surface area contributed by atoms with Crippen LogP contribution in [0.3, 0.4) is 0 Å². The van der Waals surface area contributed by atoms with E-state index < -0.39 is 0 Å². The number of anilines is 2. The summed E-state index contributed by atoms with van der Waals surface area (Å²) in [6, 6.07) is 23.1. The number of nitrogens with one attached hydrogen (secondary N) is 1. The van der Waals surface area contributed by atoms with E-state index in [4.69, 9.17) is 10.5 Å². The van der Waals surface area contributed by atoms with Crippen molar-refractivity contribution in [2.45, 2.75) is 18.5 Å². The van der Waals surface area contributed by atoms with Gasteiger partial charge in [0.2, 0.25) is 11.9 Å². The monoisotopic (exact) mass is 371 g/mol. The summed E-state index contributed by atoms with van der Waals surface area (Å²) in [6.07, 6.45) is 0.843. The minimum absolute atomic E-state index is 0.0410. The van der Waals surface area contributed by atoms with Crippen LogP contribution >= 0.6 is 0 Å². The van der Waals surface area contributed by atoms with Crippen LogP contribution in [0.5, 0.6) is 5.75 Å². The second-order valence-electron chi connectivity index (χ2n) is 7.03. The molecule has 6 heteroatoms. The Labute approximate surface area is 163 Å². The van der Waals surface area contributed by atoms with Gasteiger partial charge in [0.15, 0.2) is 0 Å². The number of nitrogens with zero attached hydrogens (tertiary/aromatic N) is 3. The molecule has 2 unspecified atom stereocenters. The maximum absolute atomic E-state index is 5.93. The standard InChI is InChI=1S/C22H21N5O/c1-28-16-11-9-15(10-12-16)19-13-20(27-22(24-19)25-21(23)26-27)18-8-4-6-14-5-2-3-7-17(14)18/h2-12,19-20H,13H2,1H3,(H3,23,24,25,26). The molecule has 2 atom stereocenters. The minimum Gasteiger partial charge on any atom is -0.497 e. The molecule has 0 amide bonds. The normalized spacial score (nSPS) is 18.5. The molecule has 3 N–H and O–H groups in total. The van der Waals surface area contributed by atoms with Gasteiger partial charge >= 0.3 is 0 Å². The van der Waals surface area contributed by atoms with Gasteiger partial charge in [-0.05, 0) is 40.5 Å². The molecule has 0 bridgehead atoms. The molecule has 5 rings (SSSR count). The summed E-state index contributed by atoms with van der Waals surface area (Å²) >= 11 is 0. The van der Waals surface area contributed by atoms with Crippen molar-refractivity contribution < 1.29 is 4.74 Å². The molecule has 1 aliphatic rings. The van der Waals surface area contributed by atoms with Gasteiger partial charge < -0.3 is 15.8 Å². The van der Waals surface area contributed by atoms with Gasteiger partial charge in [0, 0.05) is 0 Å². The summed E-state index contributed by atoms with van der Waals surface area (Å²) in [7, 11) is 1.68. The number of fused-ring (bicyclic) bond motifs is 2. The molecule has 4 aromatic rings. The number of aromatic nitrogens is 3. The molecule has 1 aromatic heterocycles. The third kappa shape index (κ3) is 2.74. The van der Waals surface area contributed by atoms with Crippen molar-refractivity contribution in [1.29, 1.82) is 0 Å². The summed E-state index contributed by atoms with van der Waals surface area (Å²) in [5.41, 5.74) is 8.34. The first kappa shape index (κ1) is 16.6. The summed E-state index contributed by atoms with van der Waals surface area (Å²) < 4.78 is 7.21. The number of hydrogen-bond donors (Lipinski definition) is 2. The molecule has 0 spiro atoms. The zero-order valence-corrected chi connectivity index (χ0v) is 15.5. The van der Waals surface area contributed by atoms with E-state index in [9.17, 15) is 0 Å². The number of methoxy groups -OCH3 is 1. The zero-order chi connectivity index (χ0) is 19.1. The van der Waals surface area contributed by atoms with Crippen LogP contribution in [0.2, 0.25) is 0 Å². The molecular weight excluding hydrogens is 350 g/mol. The van der Waals surface area contributed by atoms with E-state index in [0.29, 0.717) is 5.95 Å². The number of hydrogen-bond acceptors (Lipinski definition) is 5. The Kier molecular flexibility index (Phi) is 3.90. The van der Waals surface area contributed by atoms with E-state index in [2.05, 4.69) is 70.0 Å². The van der Waals surface area contributed by atoms with E-state index >= 15 is 0 Å². The Morgan fingerprint density at radius 1 is 1.04 bits per heavy atom. The van der Waals surface area contributed by atoms with Crippen molar-refractivity contribution >= 4 is 22.7 Å². The predicted octanol–water partition coefficient (Wildman–Crippen LogP) is 4.17. The molecule has 0 saturated carbocycles. The maximum atomic E-state index is 5.93. The van der Waals surface area contributed by atoms with E-state index in [1.54, 1.807) is 7.11 Å². The van der Waals surface area contributed by atoms with Gasteiger partial charge in [-0.25, -0.2) is 4.68 Å². The highest BCUT2D eigenvalue weighted by atomic mass is 16.5. The van der Waals surface area contributed by atoms with Crippen molar-refractivity contribution in [3.05, 3.63) is 77.9 Å². The Morgan fingerprint density at radius 3 is 2.64 bits per heavy atom. The lowest BCUT2D eigenvalue weighted by atomic mass is 9.90. The summed E-state index contributed by atoms with van der Waals surface area (Å²) in [6.45, 7) is 0. The van der Waals surface area contributed by atoms with Crippen LogP contribution in [-0.4, -0.2) is 21.9 Å². The third-order valence-corrected chi connectivity index (χ3v) is 5.41. The van der Waals surface area contributed by atoms with Crippen LogP contribution in [-0.2, 0) is 0 Å². The molecule has 0 fully saturated rings. The minimum atomic E-state index is 0.0410. The average molecular weight is 371 g/mol. The Bertz CT molecular complexity index is 1130. The average Bonchev–Trinajstić information content (AvgIpc) is 3.13. The van der Waals surface area contributed by atoms with Crippen molar-refractivity contribution in [1.82, 2.24) is 14.8 Å². The lowest BCUT2D eigenvalue weighted by Gasteiger charge is -2.32. The SMILES string of the molecule is COc1ccc(C2CC(c3cccc4ccccc34)n3nc(N)nc3N2)cc1. The Morgan fingerprint density at radius 2 is 1.82 bits per heavy atom. The first-order valence-electron chi connectivity index (χ1n) is 9.33. The first-order valence-corrected chi connectivity index (χ1v) is 9.33. The van der Waals surface area contributed by atoms with Crippen molar-refractivity contribution in [2.24, 2.45) is 0 Å². The second-order valence-corrected chi connectivity index (χ2v) is 7.03. The van der Waals surface area contributed by atoms with Crippen LogP contribution < -0.4 is 15.8 Å². The van der Waals surface area contributed by atoms with Crippen molar-refractivity contribution in [3.63, 3.8) is 0 Å². The number of nitrogen functional groups attached to an aromatic ring is 1. The molecule has 1 aliphatic heterocycles. The number of ether oxygens (including phenoxy) is 1. The Hall–Kier alpha value is -3.54. The van der Waals surface area contributed by atoms with Gasteiger partial charge in [-0.15, -0.1) is 5.10 Å². The fourth-order valence-corrected chi connectivity index (χ4v) is 4.05. The van der Waals surface area contributed by atoms with Gasteiger partial charge in [0.1, 0.15) is 5.75 Å². The fourth-order valence-electron chi connectivity index (χ4n) is 4.05. The summed E-state index contributed by atoms with van der Waals surface area (Å²) in [5, 5.41) is 10.4. The van der Waals surface area contributed by atoms with E-state index in [1.165, 1.54) is 21.9 Å². The van der Waals surface area contributed by atoms with E-state index in [-0.39, 0.29) is 18.0 Å². The van der Waals surface area contributed by atoms with Crippen LogP contribution in [0.1, 0.15) is 29.6 Å². The highest BCUT2D eigenvalue weighted by Gasteiger charge is 2.31. The Balaban J connectivity index is 1.61. The second kappa shape index (κ2) is 6.56. The lowest BCUT2D eigenvalue weighted by molar-refractivity contribution is 0.413. The van der Waals surface area contributed by atoms with Gasteiger partial charge in [-0.3, -0.25) is 0 Å². The quantitative estimate of drug-likeness (QED) is 0.565. The molecule has 0 radical (unpaired) electrons. The van der Waals surface area contributed by atoms with Crippen LogP contribution in [0, 0.1) is 0 Å². The molecule has 28 heavy (non-hydrogen) atoms. The van der Waals surface area contributed by atoms with Gasteiger partial charge in [0.05, 0.1) is 19.2 Å². The molecule has 3 aromatic carbocycles. The molecule has 0 saturated heterocycles. The molecule has 140 valence electrons. The molecule has 2 heterocycles. The predicted molar refractivity (Wildman–Crippen MR) is 110 cm³/mol. The van der Waals surface area contributed by atoms with Crippen molar-refractivity contribution in [3.8, 4) is 5.75 Å². The van der Waals surface area contributed by atoms with Crippen LogP contribution in [0.25, 0.3) is 10.8 Å². The van der Waals surface area contributed by atoms with Crippen LogP contribution in [0.4, 0.5) is 11.9 Å². The van der Waals surface area contributed by atoms with Crippen molar-refractivity contribution in [2.75, 3.05) is 18.2 Å². The zero-order valence-electron chi connectivity index (χ0n) is 15.5. The van der Waals surface area contributed by atoms with E-state index in [1.807, 2.05) is 16.8 Å². The maximum Gasteiger partial charge on any atom is 0.241 e. The topological polar surface area (TPSA) is 78.0 Å². The molecule has 0 aliphatic carbocycles. The highest BCUT2D eigenvalue weighted by molar-refractivity contribution is 5.86. The highest BCUT2D eigenvalue weighted by Crippen LogP contribution is 2.40. The molecule has 6 nitrogen and oxygen atoms in total. The molecular formula is C22H21N5O. The smallest absolute Gasteiger partial charge is 0.241 e. The van der Waals surface area contributed by atoms with Gasteiger partial charge in [0.25, 0.3) is 0 Å². The summed E-state index contributed by atoms with van der Waals surface area (Å²) in [5.74, 6) is 1.82. The van der Waals surface area contributed by atoms with Gasteiger partial charge in [-0.2, -0.15) is 4.98 Å². The number of nitrogens with two attached hydrogens (primary N) is 1. The summed E-state index contributed by atoms with van der Waals surface area (Å²) in [4.78, 5) is 4.41. The lowest BCUT2D eigenvalue weighted by Crippen LogP contribution is -2.28. The van der Waals surface area contributed by atoms with Gasteiger partial charge in [-0.1, -0.05) is 54.6 Å². The third-order valence-electron chi connectivity index (χ3n) is 5.41. The first-order chi connectivity index (χ1) is 13.7. The number of rotatable bonds is 3. The number of benzene rings is 3. The largest absolute Gasteiger partial charge is 0.497 e. The van der Waals surface area contributed by atoms with Crippen LogP contribution in [0.15, 0.2) is 66.7 Å². The van der Waals surface area contributed by atoms with E-state index in [0.717, 1.165) is 12.2 Å². The fraction of sp³-hybridized carbons (Fsp3) is 0.182.